The Morgan fingerprint density at radius 3 is 2.45 bits per heavy atom. The molecular weight excluding hydrogens is 299 g/mol. The SMILES string of the molecule is Cc1ccc(C)c(C(=O)COC(=O)C2(C)CC2(Cl)Cl)c1. The van der Waals surface area contributed by atoms with Crippen molar-refractivity contribution >= 4 is 35.0 Å². The molecule has 0 bridgehead atoms. The van der Waals surface area contributed by atoms with Gasteiger partial charge >= 0.3 is 5.97 Å². The second kappa shape index (κ2) is 5.05. The highest BCUT2D eigenvalue weighted by Crippen LogP contribution is 2.64. The summed E-state index contributed by atoms with van der Waals surface area (Å²) in [5.41, 5.74) is 1.51. The molecule has 108 valence electrons. The smallest absolute Gasteiger partial charge is 0.315 e. The Hall–Kier alpha value is -1.06. The molecular formula is C15H16Cl2O3. The quantitative estimate of drug-likeness (QED) is 0.484. The van der Waals surface area contributed by atoms with Crippen molar-refractivity contribution < 1.29 is 14.3 Å². The molecule has 1 fully saturated rings. The van der Waals surface area contributed by atoms with Gasteiger partial charge in [-0.25, -0.2) is 0 Å². The summed E-state index contributed by atoms with van der Waals surface area (Å²) in [7, 11) is 0. The van der Waals surface area contributed by atoms with Gasteiger partial charge in [0.2, 0.25) is 5.78 Å². The van der Waals surface area contributed by atoms with E-state index in [1.807, 2.05) is 26.0 Å². The maximum atomic E-state index is 12.1. The maximum absolute atomic E-state index is 12.1. The van der Waals surface area contributed by atoms with Crippen LogP contribution in [-0.2, 0) is 9.53 Å². The van der Waals surface area contributed by atoms with E-state index >= 15 is 0 Å². The average Bonchev–Trinajstić information content (AvgIpc) is 2.89. The first-order chi connectivity index (χ1) is 9.17. The third kappa shape index (κ3) is 2.70. The number of alkyl halides is 2. The van der Waals surface area contributed by atoms with E-state index in [0.717, 1.165) is 11.1 Å². The van der Waals surface area contributed by atoms with Gasteiger partial charge in [0.1, 0.15) is 9.75 Å². The molecule has 0 spiro atoms. The van der Waals surface area contributed by atoms with E-state index in [4.69, 9.17) is 27.9 Å². The van der Waals surface area contributed by atoms with Crippen LogP contribution >= 0.6 is 23.2 Å². The van der Waals surface area contributed by atoms with Crippen molar-refractivity contribution in [3.63, 3.8) is 0 Å². The van der Waals surface area contributed by atoms with E-state index in [1.54, 1.807) is 13.0 Å². The summed E-state index contributed by atoms with van der Waals surface area (Å²) in [6.07, 6.45) is 0.347. The van der Waals surface area contributed by atoms with Crippen molar-refractivity contribution in [3.05, 3.63) is 34.9 Å². The van der Waals surface area contributed by atoms with Crippen molar-refractivity contribution in [2.45, 2.75) is 31.5 Å². The fraction of sp³-hybridized carbons (Fsp3) is 0.467. The van der Waals surface area contributed by atoms with E-state index < -0.39 is 15.7 Å². The monoisotopic (exact) mass is 314 g/mol. The van der Waals surface area contributed by atoms with Crippen LogP contribution in [0.3, 0.4) is 0 Å². The molecule has 1 aliphatic carbocycles. The Morgan fingerprint density at radius 1 is 1.30 bits per heavy atom. The molecule has 20 heavy (non-hydrogen) atoms. The van der Waals surface area contributed by atoms with E-state index in [2.05, 4.69) is 0 Å². The summed E-state index contributed by atoms with van der Waals surface area (Å²) in [6, 6.07) is 5.59. The van der Waals surface area contributed by atoms with E-state index in [9.17, 15) is 9.59 Å². The predicted molar refractivity (Wildman–Crippen MR) is 78.4 cm³/mol. The summed E-state index contributed by atoms with van der Waals surface area (Å²) >= 11 is 11.8. The van der Waals surface area contributed by atoms with Crippen LogP contribution in [0.2, 0.25) is 0 Å². The van der Waals surface area contributed by atoms with Gasteiger partial charge in [0.15, 0.2) is 6.61 Å². The molecule has 1 aliphatic rings. The Bertz CT molecular complexity index is 580. The summed E-state index contributed by atoms with van der Waals surface area (Å²) in [5.74, 6) is -0.750. The second-order valence-electron chi connectivity index (χ2n) is 5.53. The molecule has 5 heteroatoms. The van der Waals surface area contributed by atoms with Gasteiger partial charge < -0.3 is 4.74 Å². The fourth-order valence-electron chi connectivity index (χ4n) is 2.03. The highest BCUT2D eigenvalue weighted by molar-refractivity contribution is 6.53. The van der Waals surface area contributed by atoms with Crippen molar-refractivity contribution in [3.8, 4) is 0 Å². The lowest BCUT2D eigenvalue weighted by Gasteiger charge is -2.12. The van der Waals surface area contributed by atoms with Crippen LogP contribution in [0.4, 0.5) is 0 Å². The Morgan fingerprint density at radius 2 is 1.90 bits per heavy atom. The first kappa shape index (κ1) is 15.3. The van der Waals surface area contributed by atoms with Crippen molar-refractivity contribution in [2.75, 3.05) is 6.61 Å². The number of benzene rings is 1. The molecule has 0 N–H and O–H groups in total. The highest BCUT2D eigenvalue weighted by atomic mass is 35.5. The summed E-state index contributed by atoms with van der Waals surface area (Å²) in [4.78, 5) is 24.0. The van der Waals surface area contributed by atoms with Crippen molar-refractivity contribution in [1.29, 1.82) is 0 Å². The first-order valence-corrected chi connectivity index (χ1v) is 7.08. The number of rotatable bonds is 4. The Kier molecular flexibility index (Phi) is 3.87. The number of Topliss-reactive ketones (excluding diaryl/α,β-unsaturated/α-hetero) is 1. The topological polar surface area (TPSA) is 43.4 Å². The van der Waals surface area contributed by atoms with Gasteiger partial charge in [-0.2, -0.15) is 0 Å². The molecule has 1 unspecified atom stereocenters. The minimum Gasteiger partial charge on any atom is -0.457 e. The number of ether oxygens (including phenoxy) is 1. The molecule has 3 nitrogen and oxygen atoms in total. The van der Waals surface area contributed by atoms with Crippen LogP contribution < -0.4 is 0 Å². The zero-order chi connectivity index (χ0) is 15.1. The number of hydrogen-bond donors (Lipinski definition) is 0. The molecule has 1 aromatic rings. The Labute approximate surface area is 128 Å². The number of halogens is 2. The highest BCUT2D eigenvalue weighted by Gasteiger charge is 2.69. The standard InChI is InChI=1S/C15H16Cl2O3/c1-9-4-5-10(2)11(6-9)12(18)7-20-13(19)14(3)8-15(14,16)17/h4-6H,7-8H2,1-3H3. The second-order valence-corrected chi connectivity index (χ2v) is 7.01. The van der Waals surface area contributed by atoms with Crippen molar-refractivity contribution in [2.24, 2.45) is 5.41 Å². The zero-order valence-electron chi connectivity index (χ0n) is 11.6. The number of ketones is 1. The van der Waals surface area contributed by atoms with Gasteiger partial charge in [0.05, 0.1) is 0 Å². The van der Waals surface area contributed by atoms with E-state index in [1.165, 1.54) is 0 Å². The average molecular weight is 315 g/mol. The fourth-order valence-corrected chi connectivity index (χ4v) is 2.71. The predicted octanol–water partition coefficient (Wildman–Crippen LogP) is 3.61. The van der Waals surface area contributed by atoms with Gasteiger partial charge in [-0.3, -0.25) is 9.59 Å². The van der Waals surface area contributed by atoms with Gasteiger partial charge in [-0.1, -0.05) is 17.7 Å². The zero-order valence-corrected chi connectivity index (χ0v) is 13.1. The molecule has 0 heterocycles. The summed E-state index contributed by atoms with van der Waals surface area (Å²) < 4.78 is 3.98. The van der Waals surface area contributed by atoms with Gasteiger partial charge in [0.25, 0.3) is 0 Å². The molecule has 0 aromatic heterocycles. The van der Waals surface area contributed by atoms with E-state index in [-0.39, 0.29) is 12.4 Å². The minimum absolute atomic E-state index is 0.224. The van der Waals surface area contributed by atoms with Crippen LogP contribution in [0, 0.1) is 19.3 Å². The normalized spacial score (nSPS) is 23.2. The third-order valence-electron chi connectivity index (χ3n) is 3.74. The molecule has 2 rings (SSSR count). The molecule has 0 aliphatic heterocycles. The molecule has 0 saturated heterocycles. The van der Waals surface area contributed by atoms with Crippen LogP contribution in [0.1, 0.15) is 34.8 Å². The molecule has 1 atom stereocenters. The van der Waals surface area contributed by atoms with Gasteiger partial charge in [-0.05, 0) is 32.4 Å². The number of carbonyl (C=O) groups excluding carboxylic acids is 2. The van der Waals surface area contributed by atoms with Crippen molar-refractivity contribution in [1.82, 2.24) is 0 Å². The summed E-state index contributed by atoms with van der Waals surface area (Å²) in [6.45, 7) is 5.10. The van der Waals surface area contributed by atoms with E-state index in [0.29, 0.717) is 12.0 Å². The lowest BCUT2D eigenvalue weighted by atomic mass is 10.0. The number of carbonyl (C=O) groups is 2. The molecule has 0 amide bonds. The molecule has 0 radical (unpaired) electrons. The molecule has 1 aromatic carbocycles. The van der Waals surface area contributed by atoms with Crippen LogP contribution in [-0.4, -0.2) is 22.7 Å². The van der Waals surface area contributed by atoms with Crippen LogP contribution in [0.15, 0.2) is 18.2 Å². The van der Waals surface area contributed by atoms with Gasteiger partial charge in [-0.15, -0.1) is 23.2 Å². The lowest BCUT2D eigenvalue weighted by Crippen LogP contribution is -2.24. The Balaban J connectivity index is 2.00. The van der Waals surface area contributed by atoms with Crippen LogP contribution in [0.5, 0.6) is 0 Å². The number of esters is 1. The minimum atomic E-state index is -1.08. The lowest BCUT2D eigenvalue weighted by molar-refractivity contribution is -0.148. The largest absolute Gasteiger partial charge is 0.457 e. The number of hydrogen-bond acceptors (Lipinski definition) is 3. The van der Waals surface area contributed by atoms with Crippen LogP contribution in [0.25, 0.3) is 0 Å². The summed E-state index contributed by atoms with van der Waals surface area (Å²) in [5, 5.41) is 0. The third-order valence-corrected chi connectivity index (χ3v) is 4.84. The number of aryl methyl sites for hydroxylation is 2. The van der Waals surface area contributed by atoms with Gasteiger partial charge in [0, 0.05) is 12.0 Å². The molecule has 1 saturated carbocycles. The first-order valence-electron chi connectivity index (χ1n) is 6.33. The maximum Gasteiger partial charge on any atom is 0.315 e.